The zero-order valence-corrected chi connectivity index (χ0v) is 16.5. The highest BCUT2D eigenvalue weighted by Crippen LogP contribution is 2.37. The molecule has 0 spiro atoms. The average molecular weight is 375 g/mol. The maximum atomic E-state index is 15.2. The lowest BCUT2D eigenvalue weighted by atomic mass is 9.87. The fourth-order valence-corrected chi connectivity index (χ4v) is 4.78. The Morgan fingerprint density at radius 2 is 1.85 bits per heavy atom. The summed E-state index contributed by atoms with van der Waals surface area (Å²) in [6.07, 6.45) is 3.95. The van der Waals surface area contributed by atoms with Crippen molar-refractivity contribution < 1.29 is 13.9 Å². The molecule has 3 unspecified atom stereocenters. The number of halogens is 1. The van der Waals surface area contributed by atoms with Gasteiger partial charge in [0.15, 0.2) is 0 Å². The number of nitrogens with zero attached hydrogens (tertiary/aromatic N) is 2. The second-order valence-electron chi connectivity index (χ2n) is 9.22. The first-order valence-electron chi connectivity index (χ1n) is 10.0. The molecule has 2 bridgehead atoms. The zero-order valence-electron chi connectivity index (χ0n) is 16.5. The highest BCUT2D eigenvalue weighted by Gasteiger charge is 2.44. The number of rotatable bonds is 1. The maximum absolute atomic E-state index is 15.2. The highest BCUT2D eigenvalue weighted by molar-refractivity contribution is 5.70. The maximum Gasteiger partial charge on any atom is 0.410 e. The van der Waals surface area contributed by atoms with Gasteiger partial charge in [-0.2, -0.15) is 0 Å². The Hall–Kier alpha value is -1.82. The van der Waals surface area contributed by atoms with Crippen LogP contribution in [0.4, 0.5) is 14.9 Å². The van der Waals surface area contributed by atoms with Crippen molar-refractivity contribution in [1.29, 1.82) is 0 Å². The molecule has 1 aliphatic carbocycles. The van der Waals surface area contributed by atoms with E-state index in [1.54, 1.807) is 0 Å². The van der Waals surface area contributed by atoms with Gasteiger partial charge in [-0.25, -0.2) is 9.18 Å². The van der Waals surface area contributed by atoms with Crippen molar-refractivity contribution in [3.63, 3.8) is 0 Å². The number of hydrogen-bond acceptors (Lipinski definition) is 4. The first kappa shape index (κ1) is 18.5. The molecule has 1 amide bonds. The first-order valence-corrected chi connectivity index (χ1v) is 10.0. The van der Waals surface area contributed by atoms with Crippen molar-refractivity contribution in [1.82, 2.24) is 4.90 Å². The lowest BCUT2D eigenvalue weighted by Gasteiger charge is -2.42. The number of anilines is 1. The molecule has 6 heteroatoms. The van der Waals surface area contributed by atoms with Crippen molar-refractivity contribution in [2.45, 2.75) is 76.6 Å². The van der Waals surface area contributed by atoms with Crippen LogP contribution in [-0.2, 0) is 17.6 Å². The van der Waals surface area contributed by atoms with Crippen molar-refractivity contribution in [3.8, 4) is 0 Å². The van der Waals surface area contributed by atoms with Gasteiger partial charge in [0.2, 0.25) is 0 Å². The van der Waals surface area contributed by atoms with Gasteiger partial charge in [0, 0.05) is 19.1 Å². The van der Waals surface area contributed by atoms with E-state index in [0.29, 0.717) is 25.2 Å². The van der Waals surface area contributed by atoms with Crippen LogP contribution >= 0.6 is 0 Å². The van der Waals surface area contributed by atoms with E-state index in [-0.39, 0.29) is 30.0 Å². The molecular weight excluding hydrogens is 345 g/mol. The van der Waals surface area contributed by atoms with Gasteiger partial charge in [0.25, 0.3) is 0 Å². The first-order chi connectivity index (χ1) is 12.7. The Bertz CT molecular complexity index is 732. The number of amides is 1. The van der Waals surface area contributed by atoms with Crippen molar-refractivity contribution in [2.75, 3.05) is 18.0 Å². The Morgan fingerprint density at radius 3 is 2.48 bits per heavy atom. The van der Waals surface area contributed by atoms with Crippen LogP contribution in [0.25, 0.3) is 0 Å². The van der Waals surface area contributed by atoms with Crippen LogP contribution in [0.2, 0.25) is 0 Å². The monoisotopic (exact) mass is 375 g/mol. The summed E-state index contributed by atoms with van der Waals surface area (Å²) in [6, 6.07) is 4.24. The van der Waals surface area contributed by atoms with Gasteiger partial charge < -0.3 is 15.4 Å². The predicted octanol–water partition coefficient (Wildman–Crippen LogP) is 3.23. The summed E-state index contributed by atoms with van der Waals surface area (Å²) in [5, 5.41) is 0. The molecule has 2 heterocycles. The molecule has 3 atom stereocenters. The third-order valence-corrected chi connectivity index (χ3v) is 5.99. The Morgan fingerprint density at radius 1 is 1.19 bits per heavy atom. The molecule has 1 aromatic carbocycles. The van der Waals surface area contributed by atoms with Gasteiger partial charge in [-0.1, -0.05) is 6.07 Å². The van der Waals surface area contributed by atoms with Gasteiger partial charge >= 0.3 is 6.09 Å². The van der Waals surface area contributed by atoms with Crippen LogP contribution in [0.5, 0.6) is 0 Å². The fraction of sp³-hybridized carbons (Fsp3) is 0.667. The van der Waals surface area contributed by atoms with E-state index < -0.39 is 5.60 Å². The van der Waals surface area contributed by atoms with Crippen LogP contribution in [0.15, 0.2) is 12.1 Å². The molecule has 4 rings (SSSR count). The molecule has 2 N–H and O–H groups in total. The van der Waals surface area contributed by atoms with Gasteiger partial charge in [0.1, 0.15) is 11.4 Å². The van der Waals surface area contributed by atoms with E-state index in [4.69, 9.17) is 10.5 Å². The van der Waals surface area contributed by atoms with Gasteiger partial charge in [-0.15, -0.1) is 0 Å². The van der Waals surface area contributed by atoms with E-state index in [2.05, 4.69) is 4.90 Å². The minimum atomic E-state index is -0.501. The topological polar surface area (TPSA) is 58.8 Å². The fourth-order valence-electron chi connectivity index (χ4n) is 4.78. The highest BCUT2D eigenvalue weighted by atomic mass is 19.1. The minimum Gasteiger partial charge on any atom is -0.444 e. The van der Waals surface area contributed by atoms with Crippen LogP contribution in [0.3, 0.4) is 0 Å². The molecule has 2 fully saturated rings. The van der Waals surface area contributed by atoms with Gasteiger partial charge in [0.05, 0.1) is 17.8 Å². The molecule has 27 heavy (non-hydrogen) atoms. The molecule has 0 saturated carbocycles. The van der Waals surface area contributed by atoms with E-state index in [0.717, 1.165) is 36.8 Å². The van der Waals surface area contributed by atoms with E-state index in [1.165, 1.54) is 0 Å². The molecule has 1 aromatic rings. The van der Waals surface area contributed by atoms with E-state index in [1.807, 2.05) is 37.8 Å². The van der Waals surface area contributed by atoms with E-state index in [9.17, 15) is 4.79 Å². The van der Waals surface area contributed by atoms with Crippen molar-refractivity contribution in [2.24, 2.45) is 5.73 Å². The van der Waals surface area contributed by atoms with Crippen LogP contribution in [0, 0.1) is 5.82 Å². The van der Waals surface area contributed by atoms with Crippen LogP contribution < -0.4 is 10.6 Å². The summed E-state index contributed by atoms with van der Waals surface area (Å²) < 4.78 is 20.8. The summed E-state index contributed by atoms with van der Waals surface area (Å²) in [7, 11) is 0. The molecule has 0 radical (unpaired) electrons. The predicted molar refractivity (Wildman–Crippen MR) is 103 cm³/mol. The third kappa shape index (κ3) is 3.51. The number of fused-ring (bicyclic) bond motifs is 3. The van der Waals surface area contributed by atoms with Gasteiger partial charge in [-0.3, -0.25) is 4.90 Å². The molecule has 3 aliphatic rings. The Labute approximate surface area is 160 Å². The summed E-state index contributed by atoms with van der Waals surface area (Å²) >= 11 is 0. The number of ether oxygens (including phenoxy) is 1. The number of nitrogens with two attached hydrogens (primary N) is 1. The molecule has 2 aliphatic heterocycles. The quantitative estimate of drug-likeness (QED) is 0.819. The largest absolute Gasteiger partial charge is 0.444 e. The number of carbonyl (C=O) groups is 1. The van der Waals surface area contributed by atoms with E-state index >= 15 is 4.39 Å². The van der Waals surface area contributed by atoms with Gasteiger partial charge in [-0.05, 0) is 70.1 Å². The average Bonchev–Trinajstić information content (AvgIpc) is 2.84. The molecule has 0 aromatic heterocycles. The number of piperazine rings is 1. The summed E-state index contributed by atoms with van der Waals surface area (Å²) in [5.74, 6) is -0.0930. The van der Waals surface area contributed by atoms with Crippen LogP contribution in [-0.4, -0.2) is 47.8 Å². The number of hydrogen-bond donors (Lipinski definition) is 1. The Kier molecular flexibility index (Phi) is 4.57. The number of carbonyl (C=O) groups excluding carboxylic acids is 1. The van der Waals surface area contributed by atoms with Crippen molar-refractivity contribution in [3.05, 3.63) is 29.1 Å². The summed E-state index contributed by atoms with van der Waals surface area (Å²) in [5.41, 5.74) is 8.08. The SMILES string of the molecule is CC(C)(C)OC(=O)N1C2CCC1CN(c1ccc3c(c1F)CCC(N)C3)C2. The second-order valence-corrected chi connectivity index (χ2v) is 9.22. The zero-order chi connectivity index (χ0) is 19.3. The molecule has 5 nitrogen and oxygen atoms in total. The third-order valence-electron chi connectivity index (χ3n) is 5.99. The summed E-state index contributed by atoms with van der Waals surface area (Å²) in [6.45, 7) is 6.97. The normalized spacial score (nSPS) is 27.5. The Balaban J connectivity index is 1.53. The molecule has 2 saturated heterocycles. The lowest BCUT2D eigenvalue weighted by Crippen LogP contribution is -2.57. The summed E-state index contributed by atoms with van der Waals surface area (Å²) in [4.78, 5) is 16.6. The minimum absolute atomic E-state index is 0.0856. The standard InChI is InChI=1S/C21H30FN3O2/c1-21(2,3)27-20(26)25-15-6-7-16(25)12-24(11-15)18-9-4-13-10-14(23)5-8-17(13)19(18)22/h4,9,14-16H,5-8,10-12,23H2,1-3H3. The lowest BCUT2D eigenvalue weighted by molar-refractivity contribution is 0.0123. The number of benzene rings is 1. The second kappa shape index (κ2) is 6.66. The molecule has 148 valence electrons. The van der Waals surface area contributed by atoms with Crippen molar-refractivity contribution >= 4 is 11.8 Å². The molecular formula is C21H30FN3O2. The smallest absolute Gasteiger partial charge is 0.410 e. The van der Waals surface area contributed by atoms with Crippen LogP contribution in [0.1, 0.15) is 51.2 Å².